The lowest BCUT2D eigenvalue weighted by Gasteiger charge is -2.31. The van der Waals surface area contributed by atoms with Crippen LogP contribution in [0.15, 0.2) is 102 Å². The Kier molecular flexibility index (Phi) is 5.45. The van der Waals surface area contributed by atoms with Crippen LogP contribution in [0.1, 0.15) is 23.1 Å². The maximum atomic E-state index is 10.2. The van der Waals surface area contributed by atoms with Crippen molar-refractivity contribution in [2.24, 2.45) is 7.05 Å². The van der Waals surface area contributed by atoms with E-state index in [-0.39, 0.29) is 0 Å². The molecule has 2 aromatic heterocycles. The number of anilines is 2. The maximum absolute atomic E-state index is 10.2. The summed E-state index contributed by atoms with van der Waals surface area (Å²) >= 11 is 0. The molecule has 0 saturated carbocycles. The first-order valence-electron chi connectivity index (χ1n) is 13.4. The summed E-state index contributed by atoms with van der Waals surface area (Å²) in [6.45, 7) is 3.12. The number of aryl methyl sites for hydroxylation is 3. The van der Waals surface area contributed by atoms with Gasteiger partial charge in [-0.1, -0.05) is 36.4 Å². The molecule has 188 valence electrons. The van der Waals surface area contributed by atoms with Gasteiger partial charge in [-0.2, -0.15) is 5.26 Å². The molecule has 0 aliphatic carbocycles. The number of nitriles is 1. The number of para-hydroxylation sites is 1. The van der Waals surface area contributed by atoms with Gasteiger partial charge in [-0.15, -0.1) is 0 Å². The number of hydrogen-bond acceptors (Lipinski definition) is 3. The summed E-state index contributed by atoms with van der Waals surface area (Å²) in [5.74, 6) is 0. The highest BCUT2D eigenvalue weighted by Gasteiger charge is 2.24. The Morgan fingerprint density at radius 3 is 2.41 bits per heavy atom. The molecule has 3 heterocycles. The van der Waals surface area contributed by atoms with Crippen molar-refractivity contribution in [3.8, 4) is 28.5 Å². The highest BCUT2D eigenvalue weighted by Crippen LogP contribution is 2.43. The van der Waals surface area contributed by atoms with Crippen LogP contribution in [0.25, 0.3) is 44.3 Å². The molecule has 39 heavy (non-hydrogen) atoms. The standard InChI is InChI=1S/C35H28N3O/c1-23-13-16-28-29-17-14-26(22-36)33(35(29)39-34(28)32(23)31-12-6-7-19-37(31)2)25-15-18-30-24(21-25)9-8-20-38(30)27-10-4-3-5-11-27/h3-7,10-19,21H,8-9,20H2,1-2H3/q+1. The highest BCUT2D eigenvalue weighted by molar-refractivity contribution is 6.14. The van der Waals surface area contributed by atoms with Gasteiger partial charge >= 0.3 is 0 Å². The second kappa shape index (κ2) is 9.15. The van der Waals surface area contributed by atoms with Gasteiger partial charge in [0.2, 0.25) is 5.69 Å². The summed E-state index contributed by atoms with van der Waals surface area (Å²) in [5, 5.41) is 12.2. The molecule has 4 nitrogen and oxygen atoms in total. The first-order valence-corrected chi connectivity index (χ1v) is 13.4. The molecular weight excluding hydrogens is 478 g/mol. The van der Waals surface area contributed by atoms with Crippen LogP contribution < -0.4 is 9.47 Å². The van der Waals surface area contributed by atoms with Crippen molar-refractivity contribution in [1.82, 2.24) is 0 Å². The van der Waals surface area contributed by atoms with Crippen LogP contribution in [0, 0.1) is 18.3 Å². The minimum Gasteiger partial charge on any atom is -0.454 e. The monoisotopic (exact) mass is 506 g/mol. The number of furan rings is 1. The van der Waals surface area contributed by atoms with Crippen molar-refractivity contribution in [3.05, 3.63) is 114 Å². The molecule has 6 aromatic rings. The summed E-state index contributed by atoms with van der Waals surface area (Å²) in [6.07, 6.45) is 4.15. The van der Waals surface area contributed by atoms with E-state index in [9.17, 15) is 5.26 Å². The van der Waals surface area contributed by atoms with Crippen molar-refractivity contribution in [2.45, 2.75) is 19.8 Å². The van der Waals surface area contributed by atoms with Crippen LogP contribution in [-0.2, 0) is 13.5 Å². The predicted molar refractivity (Wildman–Crippen MR) is 157 cm³/mol. The van der Waals surface area contributed by atoms with E-state index in [4.69, 9.17) is 4.42 Å². The molecule has 0 atom stereocenters. The van der Waals surface area contributed by atoms with Crippen molar-refractivity contribution >= 4 is 33.3 Å². The Morgan fingerprint density at radius 1 is 0.846 bits per heavy atom. The summed E-state index contributed by atoms with van der Waals surface area (Å²) in [7, 11) is 2.06. The third kappa shape index (κ3) is 3.70. The maximum Gasteiger partial charge on any atom is 0.216 e. The van der Waals surface area contributed by atoms with Gasteiger partial charge in [0.1, 0.15) is 18.2 Å². The topological polar surface area (TPSA) is 44.1 Å². The fraction of sp³-hybridized carbons (Fsp3) is 0.143. The number of nitrogens with zero attached hydrogens (tertiary/aromatic N) is 3. The molecule has 0 amide bonds. The summed E-state index contributed by atoms with van der Waals surface area (Å²) in [6, 6.07) is 34.1. The molecule has 0 fully saturated rings. The minimum atomic E-state index is 0.626. The average Bonchev–Trinajstić information content (AvgIpc) is 3.35. The Hall–Kier alpha value is -4.88. The fourth-order valence-corrected chi connectivity index (χ4v) is 6.11. The molecule has 0 spiro atoms. The van der Waals surface area contributed by atoms with Gasteiger partial charge in [-0.3, -0.25) is 0 Å². The number of fused-ring (bicyclic) bond motifs is 4. The van der Waals surface area contributed by atoms with Crippen molar-refractivity contribution in [3.63, 3.8) is 0 Å². The van der Waals surface area contributed by atoms with Gasteiger partial charge in [0, 0.05) is 46.4 Å². The van der Waals surface area contributed by atoms with Crippen LogP contribution in [-0.4, -0.2) is 6.54 Å². The number of benzene rings is 4. The van der Waals surface area contributed by atoms with Gasteiger partial charge < -0.3 is 9.32 Å². The van der Waals surface area contributed by atoms with E-state index in [1.54, 1.807) is 0 Å². The second-order valence-corrected chi connectivity index (χ2v) is 10.3. The van der Waals surface area contributed by atoms with Crippen molar-refractivity contribution < 1.29 is 8.98 Å². The van der Waals surface area contributed by atoms with E-state index in [1.165, 1.54) is 16.9 Å². The Morgan fingerprint density at radius 2 is 1.62 bits per heavy atom. The lowest BCUT2D eigenvalue weighted by molar-refractivity contribution is -0.660. The van der Waals surface area contributed by atoms with Crippen molar-refractivity contribution in [1.29, 1.82) is 5.26 Å². The Balaban J connectivity index is 1.45. The Bertz CT molecular complexity index is 1930. The quantitative estimate of drug-likeness (QED) is 0.228. The van der Waals surface area contributed by atoms with Crippen LogP contribution in [0.5, 0.6) is 0 Å². The van der Waals surface area contributed by atoms with Crippen LogP contribution in [0.2, 0.25) is 0 Å². The van der Waals surface area contributed by atoms with E-state index in [0.717, 1.165) is 69.3 Å². The highest BCUT2D eigenvalue weighted by atomic mass is 16.3. The lowest BCUT2D eigenvalue weighted by Crippen LogP contribution is -2.30. The van der Waals surface area contributed by atoms with Gasteiger partial charge in [-0.05, 0) is 78.9 Å². The molecule has 7 rings (SSSR count). The average molecular weight is 507 g/mol. The first kappa shape index (κ1) is 23.3. The molecule has 1 aliphatic rings. The third-order valence-electron chi connectivity index (χ3n) is 8.00. The lowest BCUT2D eigenvalue weighted by atomic mass is 9.92. The van der Waals surface area contributed by atoms with Gasteiger partial charge in [0.15, 0.2) is 6.20 Å². The molecule has 0 bridgehead atoms. The zero-order valence-corrected chi connectivity index (χ0v) is 22.1. The zero-order valence-electron chi connectivity index (χ0n) is 22.1. The normalized spacial score (nSPS) is 13.0. The molecule has 0 N–H and O–H groups in total. The molecule has 0 unspecified atom stereocenters. The molecule has 1 aliphatic heterocycles. The van der Waals surface area contributed by atoms with Gasteiger partial charge in [0.05, 0.1) is 17.2 Å². The fourth-order valence-electron chi connectivity index (χ4n) is 6.11. The zero-order chi connectivity index (χ0) is 26.5. The summed E-state index contributed by atoms with van der Waals surface area (Å²) in [4.78, 5) is 2.39. The number of pyridine rings is 1. The third-order valence-corrected chi connectivity index (χ3v) is 8.00. The second-order valence-electron chi connectivity index (χ2n) is 10.3. The first-order chi connectivity index (χ1) is 19.1. The number of aromatic nitrogens is 1. The largest absolute Gasteiger partial charge is 0.454 e. The molecule has 4 aromatic carbocycles. The van der Waals surface area contributed by atoms with Crippen LogP contribution in [0.3, 0.4) is 0 Å². The van der Waals surface area contributed by atoms with E-state index in [2.05, 4.69) is 109 Å². The molecule has 0 saturated heterocycles. The predicted octanol–water partition coefficient (Wildman–Crippen LogP) is 8.01. The van der Waals surface area contributed by atoms with Gasteiger partial charge in [-0.25, -0.2) is 4.57 Å². The number of hydrogen-bond donors (Lipinski definition) is 0. The van der Waals surface area contributed by atoms with E-state index >= 15 is 0 Å². The molecule has 0 radical (unpaired) electrons. The van der Waals surface area contributed by atoms with E-state index in [1.807, 2.05) is 18.2 Å². The molecular formula is C35H28N3O+. The molecule has 4 heteroatoms. The van der Waals surface area contributed by atoms with Crippen molar-refractivity contribution in [2.75, 3.05) is 11.4 Å². The van der Waals surface area contributed by atoms with Crippen LogP contribution >= 0.6 is 0 Å². The summed E-state index contributed by atoms with van der Waals surface area (Å²) < 4.78 is 8.89. The van der Waals surface area contributed by atoms with E-state index < -0.39 is 0 Å². The summed E-state index contributed by atoms with van der Waals surface area (Å²) in [5.41, 5.74) is 11.2. The minimum absolute atomic E-state index is 0.626. The number of rotatable bonds is 3. The van der Waals surface area contributed by atoms with Crippen LogP contribution in [0.4, 0.5) is 11.4 Å². The smallest absolute Gasteiger partial charge is 0.216 e. The van der Waals surface area contributed by atoms with Gasteiger partial charge in [0.25, 0.3) is 0 Å². The van der Waals surface area contributed by atoms with E-state index in [0.29, 0.717) is 5.56 Å². The SMILES string of the molecule is Cc1ccc2c(oc3c(-c4ccc5c(c4)CCCN5c4ccccc4)c(C#N)ccc32)c1-c1cccc[n+]1C. The Labute approximate surface area is 228 Å².